The molecule has 37 heavy (non-hydrogen) atoms. The van der Waals surface area contributed by atoms with Crippen LogP contribution in [-0.4, -0.2) is 27.4 Å². The SMILES string of the molecule is Cc1ccc(NC(=O)CCN2C(=S)N[C@H](c3ccccn3)[C@H]2c2ccc(-c3cccc(Cl)c3Cl)o2)cc1. The van der Waals surface area contributed by atoms with E-state index in [4.69, 9.17) is 39.8 Å². The van der Waals surface area contributed by atoms with Gasteiger partial charge in [-0.15, -0.1) is 0 Å². The molecule has 2 aromatic carbocycles. The third-order valence-corrected chi connectivity index (χ3v) is 7.42. The van der Waals surface area contributed by atoms with Gasteiger partial charge >= 0.3 is 0 Å². The summed E-state index contributed by atoms with van der Waals surface area (Å²) in [7, 11) is 0. The van der Waals surface area contributed by atoms with E-state index < -0.39 is 0 Å². The summed E-state index contributed by atoms with van der Waals surface area (Å²) in [5, 5.41) is 7.73. The van der Waals surface area contributed by atoms with Crippen molar-refractivity contribution in [3.8, 4) is 11.3 Å². The number of halogens is 2. The molecule has 1 aliphatic heterocycles. The number of amides is 1. The number of aromatic nitrogens is 1. The molecule has 1 fully saturated rings. The zero-order valence-electron chi connectivity index (χ0n) is 19.9. The van der Waals surface area contributed by atoms with Crippen LogP contribution in [0.25, 0.3) is 11.3 Å². The molecule has 0 saturated carbocycles. The Morgan fingerprint density at radius 3 is 2.65 bits per heavy atom. The van der Waals surface area contributed by atoms with Gasteiger partial charge in [0.25, 0.3) is 0 Å². The van der Waals surface area contributed by atoms with Crippen LogP contribution >= 0.6 is 35.4 Å². The van der Waals surface area contributed by atoms with E-state index in [9.17, 15) is 4.79 Å². The van der Waals surface area contributed by atoms with Crippen LogP contribution in [-0.2, 0) is 4.79 Å². The van der Waals surface area contributed by atoms with E-state index in [2.05, 4.69) is 15.6 Å². The van der Waals surface area contributed by atoms with Crippen LogP contribution in [0.5, 0.6) is 0 Å². The average Bonchev–Trinajstić information content (AvgIpc) is 3.51. The van der Waals surface area contributed by atoms with Crippen molar-refractivity contribution < 1.29 is 9.21 Å². The van der Waals surface area contributed by atoms with Gasteiger partial charge in [0.15, 0.2) is 5.11 Å². The largest absolute Gasteiger partial charge is 0.459 e. The number of hydrogen-bond donors (Lipinski definition) is 2. The fourth-order valence-corrected chi connectivity index (χ4v) is 5.11. The second kappa shape index (κ2) is 10.9. The molecule has 1 amide bonds. The predicted octanol–water partition coefficient (Wildman–Crippen LogP) is 6.96. The highest BCUT2D eigenvalue weighted by molar-refractivity contribution is 7.80. The molecule has 0 unspecified atom stereocenters. The lowest BCUT2D eigenvalue weighted by Gasteiger charge is -2.25. The monoisotopic (exact) mass is 550 g/mol. The molecule has 0 spiro atoms. The van der Waals surface area contributed by atoms with E-state index in [1.165, 1.54) is 0 Å². The van der Waals surface area contributed by atoms with E-state index >= 15 is 0 Å². The Balaban J connectivity index is 1.41. The number of benzene rings is 2. The molecule has 5 rings (SSSR count). The summed E-state index contributed by atoms with van der Waals surface area (Å²) in [6.45, 7) is 2.40. The summed E-state index contributed by atoms with van der Waals surface area (Å²) in [5.74, 6) is 1.17. The van der Waals surface area contributed by atoms with Gasteiger partial charge in [-0.05, 0) is 67.7 Å². The number of pyridine rings is 1. The molecule has 0 bridgehead atoms. The van der Waals surface area contributed by atoms with Crippen molar-refractivity contribution in [1.29, 1.82) is 0 Å². The molecule has 2 aromatic heterocycles. The maximum Gasteiger partial charge on any atom is 0.226 e. The summed E-state index contributed by atoms with van der Waals surface area (Å²) in [5.41, 5.74) is 3.41. The lowest BCUT2D eigenvalue weighted by atomic mass is 10.0. The van der Waals surface area contributed by atoms with Gasteiger partial charge in [-0.1, -0.05) is 53.0 Å². The van der Waals surface area contributed by atoms with Crippen LogP contribution in [0.2, 0.25) is 10.0 Å². The highest BCUT2D eigenvalue weighted by atomic mass is 35.5. The Hall–Kier alpha value is -3.39. The van der Waals surface area contributed by atoms with Crippen LogP contribution in [0.1, 0.15) is 35.5 Å². The van der Waals surface area contributed by atoms with Crippen LogP contribution in [0.4, 0.5) is 5.69 Å². The second-order valence-corrected chi connectivity index (χ2v) is 9.96. The van der Waals surface area contributed by atoms with Gasteiger partial charge in [-0.25, -0.2) is 0 Å². The zero-order chi connectivity index (χ0) is 25.9. The molecule has 1 aliphatic rings. The third kappa shape index (κ3) is 5.49. The van der Waals surface area contributed by atoms with E-state index in [1.807, 2.05) is 78.6 Å². The summed E-state index contributed by atoms with van der Waals surface area (Å²) < 4.78 is 6.32. The highest BCUT2D eigenvalue weighted by Crippen LogP contribution is 2.42. The maximum absolute atomic E-state index is 12.7. The van der Waals surface area contributed by atoms with Crippen molar-refractivity contribution in [2.24, 2.45) is 0 Å². The van der Waals surface area contributed by atoms with Crippen LogP contribution in [0, 0.1) is 6.92 Å². The van der Waals surface area contributed by atoms with Crippen molar-refractivity contribution in [3.63, 3.8) is 0 Å². The standard InChI is InChI=1S/C28H24Cl2N4O2S/c1-17-8-10-18(11-9-17)32-24(35)14-16-34-27(26(33-28(34)37)21-7-2-3-15-31-21)23-13-12-22(36-23)19-5-4-6-20(29)25(19)30/h2-13,15,26-27H,14,16H2,1H3,(H,32,35)(H,33,37)/t26-,27-/m1/s1. The van der Waals surface area contributed by atoms with Crippen molar-refractivity contribution in [1.82, 2.24) is 15.2 Å². The fourth-order valence-electron chi connectivity index (χ4n) is 4.39. The number of aryl methyl sites for hydroxylation is 1. The summed E-state index contributed by atoms with van der Waals surface area (Å²) in [6, 6.07) is 22.1. The first-order valence-corrected chi connectivity index (χ1v) is 13.0. The van der Waals surface area contributed by atoms with E-state index in [0.717, 1.165) is 16.9 Å². The number of furan rings is 1. The quantitative estimate of drug-likeness (QED) is 0.242. The first-order valence-electron chi connectivity index (χ1n) is 11.8. The summed E-state index contributed by atoms with van der Waals surface area (Å²) >= 11 is 18.4. The first-order chi connectivity index (χ1) is 17.9. The smallest absolute Gasteiger partial charge is 0.226 e. The number of nitrogens with zero attached hydrogens (tertiary/aromatic N) is 2. The van der Waals surface area contributed by atoms with Crippen molar-refractivity contribution >= 4 is 52.1 Å². The van der Waals surface area contributed by atoms with Gasteiger partial charge in [-0.2, -0.15) is 0 Å². The summed E-state index contributed by atoms with van der Waals surface area (Å²) in [6.07, 6.45) is 1.99. The second-order valence-electron chi connectivity index (χ2n) is 8.79. The Morgan fingerprint density at radius 1 is 1.08 bits per heavy atom. The number of thiocarbonyl (C=S) groups is 1. The minimum absolute atomic E-state index is 0.0995. The number of carbonyl (C=O) groups is 1. The van der Waals surface area contributed by atoms with E-state index in [0.29, 0.717) is 38.8 Å². The zero-order valence-corrected chi connectivity index (χ0v) is 22.3. The minimum atomic E-state index is -0.318. The molecule has 3 heterocycles. The molecular weight excluding hydrogens is 527 g/mol. The molecule has 9 heteroatoms. The molecule has 2 atom stereocenters. The number of rotatable bonds is 7. The molecule has 4 aromatic rings. The van der Waals surface area contributed by atoms with Crippen molar-refractivity contribution in [3.05, 3.63) is 106 Å². The maximum atomic E-state index is 12.7. The molecule has 6 nitrogen and oxygen atoms in total. The summed E-state index contributed by atoms with van der Waals surface area (Å²) in [4.78, 5) is 19.3. The number of hydrogen-bond acceptors (Lipinski definition) is 4. The topological polar surface area (TPSA) is 70.4 Å². The van der Waals surface area contributed by atoms with Crippen molar-refractivity contribution in [2.45, 2.75) is 25.4 Å². The van der Waals surface area contributed by atoms with Gasteiger partial charge in [0, 0.05) is 30.4 Å². The van der Waals surface area contributed by atoms with Crippen molar-refractivity contribution in [2.75, 3.05) is 11.9 Å². The number of anilines is 1. The highest BCUT2D eigenvalue weighted by Gasteiger charge is 2.41. The molecule has 2 N–H and O–H groups in total. The normalized spacial score (nSPS) is 17.1. The van der Waals surface area contributed by atoms with Gasteiger partial charge < -0.3 is 20.0 Å². The van der Waals surface area contributed by atoms with Gasteiger partial charge in [-0.3, -0.25) is 9.78 Å². The van der Waals surface area contributed by atoms with Gasteiger partial charge in [0.1, 0.15) is 17.6 Å². The lowest BCUT2D eigenvalue weighted by Crippen LogP contribution is -2.32. The average molecular weight is 551 g/mol. The predicted molar refractivity (Wildman–Crippen MR) is 151 cm³/mol. The van der Waals surface area contributed by atoms with Crippen LogP contribution in [0.15, 0.2) is 83.4 Å². The fraction of sp³-hybridized carbons (Fsp3) is 0.179. The first kappa shape index (κ1) is 25.3. The van der Waals surface area contributed by atoms with E-state index in [-0.39, 0.29) is 24.4 Å². The molecular formula is C28H24Cl2N4O2S. The Morgan fingerprint density at radius 2 is 1.89 bits per heavy atom. The number of carbonyl (C=O) groups excluding carboxylic acids is 1. The Bertz CT molecular complexity index is 1430. The molecule has 0 aliphatic carbocycles. The minimum Gasteiger partial charge on any atom is -0.459 e. The third-order valence-electron chi connectivity index (χ3n) is 6.25. The van der Waals surface area contributed by atoms with Gasteiger partial charge in [0.2, 0.25) is 5.91 Å². The van der Waals surface area contributed by atoms with Crippen LogP contribution < -0.4 is 10.6 Å². The van der Waals surface area contributed by atoms with E-state index in [1.54, 1.807) is 12.3 Å². The lowest BCUT2D eigenvalue weighted by molar-refractivity contribution is -0.116. The molecule has 1 saturated heterocycles. The molecule has 0 radical (unpaired) electrons. The van der Waals surface area contributed by atoms with Crippen LogP contribution in [0.3, 0.4) is 0 Å². The molecule has 188 valence electrons. The number of nitrogens with one attached hydrogen (secondary N) is 2. The Labute approximate surface area is 230 Å². The van der Waals surface area contributed by atoms with Gasteiger partial charge in [0.05, 0.1) is 21.8 Å². The Kier molecular flexibility index (Phi) is 7.46.